The van der Waals surface area contributed by atoms with E-state index in [1.165, 1.54) is 31.2 Å². The average molecular weight is 265 g/mol. The Bertz CT molecular complexity index is 364. The molecule has 0 amide bonds. The molecule has 0 radical (unpaired) electrons. The van der Waals surface area contributed by atoms with Gasteiger partial charge < -0.3 is 5.32 Å². The van der Waals surface area contributed by atoms with Gasteiger partial charge in [-0.25, -0.2) is 4.39 Å². The van der Waals surface area contributed by atoms with Crippen LogP contribution in [0.5, 0.6) is 0 Å². The van der Waals surface area contributed by atoms with Gasteiger partial charge in [-0.15, -0.1) is 0 Å². The van der Waals surface area contributed by atoms with Crippen LogP contribution in [-0.4, -0.2) is 6.54 Å². The SMILES string of the molecule is CCCCC(CC)CNCc1cc(C)c(F)c(C)c1. The van der Waals surface area contributed by atoms with E-state index < -0.39 is 0 Å². The summed E-state index contributed by atoms with van der Waals surface area (Å²) in [5.74, 6) is 0.695. The average Bonchev–Trinajstić information content (AvgIpc) is 2.39. The van der Waals surface area contributed by atoms with Gasteiger partial charge in [-0.3, -0.25) is 0 Å². The summed E-state index contributed by atoms with van der Waals surface area (Å²) in [6.45, 7) is 10.1. The quantitative estimate of drug-likeness (QED) is 0.715. The molecular formula is C17H28FN. The molecule has 108 valence electrons. The van der Waals surface area contributed by atoms with E-state index >= 15 is 0 Å². The predicted octanol–water partition coefficient (Wildman–Crippen LogP) is 4.75. The van der Waals surface area contributed by atoms with Crippen LogP contribution in [0.15, 0.2) is 12.1 Å². The minimum atomic E-state index is -0.0712. The maximum absolute atomic E-state index is 13.5. The van der Waals surface area contributed by atoms with Gasteiger partial charge >= 0.3 is 0 Å². The molecule has 0 saturated carbocycles. The molecule has 0 aliphatic rings. The monoisotopic (exact) mass is 265 g/mol. The Labute approximate surface area is 117 Å². The maximum Gasteiger partial charge on any atom is 0.129 e. The number of nitrogens with one attached hydrogen (secondary N) is 1. The first-order valence-corrected chi connectivity index (χ1v) is 7.54. The number of aryl methyl sites for hydroxylation is 2. The standard InChI is InChI=1S/C17H28FN/c1-5-7-8-15(6-2)11-19-12-16-9-13(3)17(18)14(4)10-16/h9-10,15,19H,5-8,11-12H2,1-4H3. The molecule has 0 saturated heterocycles. The number of hydrogen-bond donors (Lipinski definition) is 1. The molecule has 0 aromatic heterocycles. The van der Waals surface area contributed by atoms with Crippen molar-refractivity contribution in [2.45, 2.75) is 59.9 Å². The summed E-state index contributed by atoms with van der Waals surface area (Å²) >= 11 is 0. The molecule has 1 N–H and O–H groups in total. The lowest BCUT2D eigenvalue weighted by Crippen LogP contribution is -2.22. The molecule has 1 rings (SSSR count). The van der Waals surface area contributed by atoms with E-state index in [-0.39, 0.29) is 5.82 Å². The van der Waals surface area contributed by atoms with Crippen LogP contribution in [0.1, 0.15) is 56.2 Å². The Morgan fingerprint density at radius 1 is 1.16 bits per heavy atom. The summed E-state index contributed by atoms with van der Waals surface area (Å²) < 4.78 is 13.5. The molecule has 1 aromatic rings. The van der Waals surface area contributed by atoms with Crippen LogP contribution in [0.3, 0.4) is 0 Å². The Kier molecular flexibility index (Phi) is 7.07. The van der Waals surface area contributed by atoms with Crippen molar-refractivity contribution >= 4 is 0 Å². The number of rotatable bonds is 8. The molecule has 2 heteroatoms. The highest BCUT2D eigenvalue weighted by Gasteiger charge is 2.07. The van der Waals surface area contributed by atoms with E-state index in [0.717, 1.165) is 30.1 Å². The van der Waals surface area contributed by atoms with Crippen molar-refractivity contribution < 1.29 is 4.39 Å². The first-order valence-electron chi connectivity index (χ1n) is 7.54. The van der Waals surface area contributed by atoms with Crippen LogP contribution in [-0.2, 0) is 6.54 Å². The maximum atomic E-state index is 13.5. The Balaban J connectivity index is 2.44. The third-order valence-corrected chi connectivity index (χ3v) is 3.80. The van der Waals surface area contributed by atoms with Crippen LogP contribution < -0.4 is 5.32 Å². The molecule has 0 spiro atoms. The van der Waals surface area contributed by atoms with Gasteiger partial charge in [0.1, 0.15) is 5.82 Å². The first-order chi connectivity index (χ1) is 9.08. The fraction of sp³-hybridized carbons (Fsp3) is 0.647. The van der Waals surface area contributed by atoms with E-state index in [1.807, 2.05) is 26.0 Å². The van der Waals surface area contributed by atoms with Gasteiger partial charge in [0.05, 0.1) is 0 Å². The van der Waals surface area contributed by atoms with E-state index in [0.29, 0.717) is 0 Å². The van der Waals surface area contributed by atoms with Crippen molar-refractivity contribution in [3.05, 3.63) is 34.6 Å². The summed E-state index contributed by atoms with van der Waals surface area (Å²) in [4.78, 5) is 0. The third kappa shape index (κ3) is 5.32. The van der Waals surface area contributed by atoms with E-state index in [4.69, 9.17) is 0 Å². The van der Waals surface area contributed by atoms with Gasteiger partial charge in [0.2, 0.25) is 0 Å². The van der Waals surface area contributed by atoms with Gasteiger partial charge in [-0.2, -0.15) is 0 Å². The van der Waals surface area contributed by atoms with E-state index in [2.05, 4.69) is 19.2 Å². The van der Waals surface area contributed by atoms with Gasteiger partial charge in [-0.05, 0) is 49.4 Å². The minimum Gasteiger partial charge on any atom is -0.312 e. The molecule has 1 aromatic carbocycles. The summed E-state index contributed by atoms with van der Waals surface area (Å²) in [5.41, 5.74) is 2.67. The Hall–Kier alpha value is -0.890. The molecule has 1 atom stereocenters. The molecule has 0 bridgehead atoms. The third-order valence-electron chi connectivity index (χ3n) is 3.80. The lowest BCUT2D eigenvalue weighted by molar-refractivity contribution is 0.419. The zero-order valence-corrected chi connectivity index (χ0v) is 12.9. The van der Waals surface area contributed by atoms with Gasteiger partial charge in [0, 0.05) is 6.54 Å². The van der Waals surface area contributed by atoms with E-state index in [1.54, 1.807) is 0 Å². The van der Waals surface area contributed by atoms with Crippen LogP contribution in [0.4, 0.5) is 4.39 Å². The summed E-state index contributed by atoms with van der Waals surface area (Å²) in [7, 11) is 0. The second-order valence-electron chi connectivity index (χ2n) is 5.59. The highest BCUT2D eigenvalue weighted by molar-refractivity contribution is 5.30. The van der Waals surface area contributed by atoms with Crippen molar-refractivity contribution in [1.29, 1.82) is 0 Å². The number of unbranched alkanes of at least 4 members (excludes halogenated alkanes) is 1. The predicted molar refractivity (Wildman–Crippen MR) is 80.9 cm³/mol. The lowest BCUT2D eigenvalue weighted by atomic mass is 9.99. The van der Waals surface area contributed by atoms with Gasteiger partial charge in [-0.1, -0.05) is 45.2 Å². The molecule has 0 fully saturated rings. The van der Waals surface area contributed by atoms with Crippen molar-refractivity contribution in [2.24, 2.45) is 5.92 Å². The fourth-order valence-corrected chi connectivity index (χ4v) is 2.50. The van der Waals surface area contributed by atoms with Crippen LogP contribution in [0.2, 0.25) is 0 Å². The smallest absolute Gasteiger partial charge is 0.129 e. The van der Waals surface area contributed by atoms with Gasteiger partial charge in [0.15, 0.2) is 0 Å². The van der Waals surface area contributed by atoms with E-state index in [9.17, 15) is 4.39 Å². The first kappa shape index (κ1) is 16.2. The van der Waals surface area contributed by atoms with Crippen molar-refractivity contribution in [2.75, 3.05) is 6.54 Å². The zero-order chi connectivity index (χ0) is 14.3. The normalized spacial score (nSPS) is 12.7. The highest BCUT2D eigenvalue weighted by atomic mass is 19.1. The molecular weight excluding hydrogens is 237 g/mol. The largest absolute Gasteiger partial charge is 0.312 e. The highest BCUT2D eigenvalue weighted by Crippen LogP contribution is 2.15. The molecule has 1 unspecified atom stereocenters. The van der Waals surface area contributed by atoms with Crippen LogP contribution in [0.25, 0.3) is 0 Å². The van der Waals surface area contributed by atoms with Gasteiger partial charge in [0.25, 0.3) is 0 Å². The second kappa shape index (κ2) is 8.31. The molecule has 1 nitrogen and oxygen atoms in total. The number of halogens is 1. The Morgan fingerprint density at radius 3 is 2.32 bits per heavy atom. The number of benzene rings is 1. The van der Waals surface area contributed by atoms with Crippen molar-refractivity contribution in [3.63, 3.8) is 0 Å². The van der Waals surface area contributed by atoms with Crippen LogP contribution in [0, 0.1) is 25.6 Å². The Morgan fingerprint density at radius 2 is 1.79 bits per heavy atom. The summed E-state index contributed by atoms with van der Waals surface area (Å²) in [5, 5.41) is 3.51. The topological polar surface area (TPSA) is 12.0 Å². The van der Waals surface area contributed by atoms with Crippen LogP contribution >= 0.6 is 0 Å². The summed E-state index contributed by atoms with van der Waals surface area (Å²) in [6.07, 6.45) is 5.12. The second-order valence-corrected chi connectivity index (χ2v) is 5.59. The lowest BCUT2D eigenvalue weighted by Gasteiger charge is -2.15. The molecule has 0 aliphatic heterocycles. The van der Waals surface area contributed by atoms with Crippen molar-refractivity contribution in [3.8, 4) is 0 Å². The number of hydrogen-bond acceptors (Lipinski definition) is 1. The zero-order valence-electron chi connectivity index (χ0n) is 12.9. The van der Waals surface area contributed by atoms with Crippen molar-refractivity contribution in [1.82, 2.24) is 5.32 Å². The molecule has 0 aliphatic carbocycles. The fourth-order valence-electron chi connectivity index (χ4n) is 2.50. The minimum absolute atomic E-state index is 0.0712. The molecule has 19 heavy (non-hydrogen) atoms. The molecule has 0 heterocycles. The summed E-state index contributed by atoms with van der Waals surface area (Å²) in [6, 6.07) is 3.89.